The number of rotatable bonds is 8. The molecule has 0 aromatic heterocycles. The Morgan fingerprint density at radius 3 is 2.62 bits per heavy atom. The average Bonchev–Trinajstić information content (AvgIpc) is 3.35. The molecule has 1 atom stereocenters. The molecule has 1 aromatic carbocycles. The Morgan fingerprint density at radius 1 is 1.12 bits per heavy atom. The van der Waals surface area contributed by atoms with Gasteiger partial charge in [0, 0.05) is 39.9 Å². The van der Waals surface area contributed by atoms with Gasteiger partial charge < -0.3 is 15.0 Å². The lowest BCUT2D eigenvalue weighted by molar-refractivity contribution is -0.125. The van der Waals surface area contributed by atoms with Gasteiger partial charge in [-0.05, 0) is 56.7 Å². The molecule has 2 fully saturated rings. The van der Waals surface area contributed by atoms with Gasteiger partial charge in [-0.25, -0.2) is 8.42 Å². The fraction of sp³-hybridized carbons (Fsp3) is 0.636. The second-order valence-electron chi connectivity index (χ2n) is 8.59. The van der Waals surface area contributed by atoms with E-state index in [1.54, 1.807) is 25.3 Å². The van der Waals surface area contributed by atoms with Gasteiger partial charge in [-0.3, -0.25) is 14.5 Å². The van der Waals surface area contributed by atoms with Crippen molar-refractivity contribution in [3.05, 3.63) is 18.2 Å². The number of benzene rings is 1. The highest BCUT2D eigenvalue weighted by molar-refractivity contribution is 7.89. The lowest BCUT2D eigenvalue weighted by atomic mass is 9.96. The Morgan fingerprint density at radius 2 is 1.88 bits per heavy atom. The first-order valence-electron chi connectivity index (χ1n) is 11.4. The van der Waals surface area contributed by atoms with Gasteiger partial charge in [-0.2, -0.15) is 4.31 Å². The maximum atomic E-state index is 13.4. The minimum atomic E-state index is -3.63. The van der Waals surface area contributed by atoms with Gasteiger partial charge in [0.25, 0.3) is 0 Å². The van der Waals surface area contributed by atoms with E-state index in [4.69, 9.17) is 4.74 Å². The van der Waals surface area contributed by atoms with Crippen molar-refractivity contribution >= 4 is 33.2 Å². The van der Waals surface area contributed by atoms with Gasteiger partial charge in [0.1, 0.15) is 12.6 Å². The molecule has 0 bridgehead atoms. The fourth-order valence-corrected chi connectivity index (χ4v) is 6.32. The van der Waals surface area contributed by atoms with Crippen LogP contribution in [0.3, 0.4) is 0 Å². The predicted octanol–water partition coefficient (Wildman–Crippen LogP) is 1.33. The Kier molecular flexibility index (Phi) is 7.02. The van der Waals surface area contributed by atoms with E-state index < -0.39 is 10.0 Å². The standard InChI is InChI=1S/C22H32N4O5S/c1-31-14-6-10-23-21(27)16-26-20-15-17(32(29,30)24-11-4-5-12-24)8-9-18(20)25-13-3-2-7-19(25)22(26)28/h8-9,15,19H,2-7,10-14,16H2,1H3,(H,23,27)/t19-/m1/s1. The molecule has 4 rings (SSSR count). The highest BCUT2D eigenvalue weighted by Crippen LogP contribution is 2.41. The van der Waals surface area contributed by atoms with Gasteiger partial charge in [0.2, 0.25) is 21.8 Å². The zero-order valence-electron chi connectivity index (χ0n) is 18.6. The summed E-state index contributed by atoms with van der Waals surface area (Å²) in [5, 5.41) is 2.82. The first-order chi connectivity index (χ1) is 15.4. The molecule has 0 radical (unpaired) electrons. The summed E-state index contributed by atoms with van der Waals surface area (Å²) < 4.78 is 32.8. The molecule has 2 amide bonds. The largest absolute Gasteiger partial charge is 0.385 e. The molecule has 2 saturated heterocycles. The lowest BCUT2D eigenvalue weighted by Crippen LogP contribution is -2.57. The number of carbonyl (C=O) groups excluding carboxylic acids is 2. The number of sulfonamides is 1. The SMILES string of the molecule is COCCCNC(=O)CN1C(=O)[C@H]2CCCCN2c2ccc(S(=O)(=O)N3CCCC3)cc21. The van der Waals surface area contributed by atoms with Gasteiger partial charge in [-0.15, -0.1) is 0 Å². The zero-order chi connectivity index (χ0) is 22.7. The van der Waals surface area contributed by atoms with E-state index >= 15 is 0 Å². The minimum absolute atomic E-state index is 0.129. The monoisotopic (exact) mass is 464 g/mol. The van der Waals surface area contributed by atoms with Crippen molar-refractivity contribution < 1.29 is 22.7 Å². The molecule has 0 saturated carbocycles. The van der Waals surface area contributed by atoms with Crippen molar-refractivity contribution in [3.63, 3.8) is 0 Å². The first-order valence-corrected chi connectivity index (χ1v) is 12.9. The number of piperidine rings is 1. The van der Waals surface area contributed by atoms with Crippen LogP contribution in [0.15, 0.2) is 23.1 Å². The van der Waals surface area contributed by atoms with E-state index in [1.165, 1.54) is 9.21 Å². The maximum absolute atomic E-state index is 13.4. The molecule has 9 nitrogen and oxygen atoms in total. The predicted molar refractivity (Wildman–Crippen MR) is 121 cm³/mol. The number of methoxy groups -OCH3 is 1. The number of hydrogen-bond donors (Lipinski definition) is 1. The van der Waals surface area contributed by atoms with Crippen molar-refractivity contribution in [2.45, 2.75) is 49.5 Å². The normalized spacial score (nSPS) is 21.4. The van der Waals surface area contributed by atoms with E-state index in [0.29, 0.717) is 38.3 Å². The van der Waals surface area contributed by atoms with Gasteiger partial charge in [0.05, 0.1) is 16.3 Å². The number of nitrogens with zero attached hydrogens (tertiary/aromatic N) is 3. The highest BCUT2D eigenvalue weighted by atomic mass is 32.2. The molecule has 3 aliphatic rings. The molecule has 32 heavy (non-hydrogen) atoms. The van der Waals surface area contributed by atoms with E-state index in [9.17, 15) is 18.0 Å². The van der Waals surface area contributed by atoms with Crippen LogP contribution < -0.4 is 15.1 Å². The van der Waals surface area contributed by atoms with E-state index in [-0.39, 0.29) is 29.3 Å². The average molecular weight is 465 g/mol. The summed E-state index contributed by atoms with van der Waals surface area (Å²) in [6, 6.07) is 4.70. The number of amides is 2. The number of fused-ring (bicyclic) bond motifs is 3. The quantitative estimate of drug-likeness (QED) is 0.583. The summed E-state index contributed by atoms with van der Waals surface area (Å²) in [5.41, 5.74) is 1.32. The lowest BCUT2D eigenvalue weighted by Gasteiger charge is -2.45. The van der Waals surface area contributed by atoms with Crippen LogP contribution in [0.4, 0.5) is 11.4 Å². The van der Waals surface area contributed by atoms with Crippen LogP contribution in [0.25, 0.3) is 0 Å². The van der Waals surface area contributed by atoms with Crippen molar-refractivity contribution in [1.82, 2.24) is 9.62 Å². The summed E-state index contributed by atoms with van der Waals surface area (Å²) in [5.74, 6) is -0.405. The number of nitrogens with one attached hydrogen (secondary N) is 1. The molecule has 3 heterocycles. The topological polar surface area (TPSA) is 99.3 Å². The van der Waals surface area contributed by atoms with Crippen LogP contribution in [0.1, 0.15) is 38.5 Å². The fourth-order valence-electron chi connectivity index (χ4n) is 4.78. The summed E-state index contributed by atoms with van der Waals surface area (Å²) in [4.78, 5) is 29.7. The van der Waals surface area contributed by atoms with E-state index in [1.807, 2.05) is 0 Å². The Balaban J connectivity index is 1.64. The molecule has 3 aliphatic heterocycles. The summed E-state index contributed by atoms with van der Waals surface area (Å²) in [6.07, 6.45) is 5.07. The van der Waals surface area contributed by atoms with Gasteiger partial charge >= 0.3 is 0 Å². The van der Waals surface area contributed by atoms with Crippen molar-refractivity contribution in [1.29, 1.82) is 0 Å². The Labute approximate surface area is 189 Å². The maximum Gasteiger partial charge on any atom is 0.250 e. The summed E-state index contributed by atoms with van der Waals surface area (Å²) in [7, 11) is -2.02. The molecule has 0 spiro atoms. The van der Waals surface area contributed by atoms with Gasteiger partial charge in [0.15, 0.2) is 0 Å². The molecule has 0 aliphatic carbocycles. The Hall–Kier alpha value is -2.17. The van der Waals surface area contributed by atoms with E-state index in [2.05, 4.69) is 10.2 Å². The number of carbonyl (C=O) groups is 2. The van der Waals surface area contributed by atoms with Crippen molar-refractivity contribution in [2.24, 2.45) is 0 Å². The second-order valence-corrected chi connectivity index (χ2v) is 10.5. The molecule has 176 valence electrons. The van der Waals surface area contributed by atoms with Crippen LogP contribution >= 0.6 is 0 Å². The molecule has 10 heteroatoms. The van der Waals surface area contributed by atoms with E-state index in [0.717, 1.165) is 44.3 Å². The Bertz CT molecular complexity index is 961. The second kappa shape index (κ2) is 9.76. The molecular weight excluding hydrogens is 432 g/mol. The number of hydrogen-bond acceptors (Lipinski definition) is 6. The first kappa shape index (κ1) is 23.0. The molecule has 0 unspecified atom stereocenters. The third kappa shape index (κ3) is 4.49. The van der Waals surface area contributed by atoms with Crippen molar-refractivity contribution in [3.8, 4) is 0 Å². The van der Waals surface area contributed by atoms with Crippen LogP contribution in [-0.2, 0) is 24.3 Å². The number of ether oxygens (including phenoxy) is 1. The minimum Gasteiger partial charge on any atom is -0.385 e. The van der Waals surface area contributed by atoms with Crippen LogP contribution in [0.2, 0.25) is 0 Å². The molecular formula is C22H32N4O5S. The number of anilines is 2. The summed E-state index contributed by atoms with van der Waals surface area (Å²) >= 11 is 0. The molecule has 1 N–H and O–H groups in total. The smallest absolute Gasteiger partial charge is 0.250 e. The summed E-state index contributed by atoms with van der Waals surface area (Å²) in [6.45, 7) is 2.65. The van der Waals surface area contributed by atoms with Crippen LogP contribution in [-0.4, -0.2) is 77.0 Å². The highest BCUT2D eigenvalue weighted by Gasteiger charge is 2.41. The van der Waals surface area contributed by atoms with Crippen molar-refractivity contribution in [2.75, 3.05) is 56.2 Å². The van der Waals surface area contributed by atoms with Crippen LogP contribution in [0.5, 0.6) is 0 Å². The van der Waals surface area contributed by atoms with Gasteiger partial charge in [-0.1, -0.05) is 0 Å². The van der Waals surface area contributed by atoms with Crippen LogP contribution in [0, 0.1) is 0 Å². The third-order valence-electron chi connectivity index (χ3n) is 6.45. The molecule has 1 aromatic rings. The zero-order valence-corrected chi connectivity index (χ0v) is 19.4. The third-order valence-corrected chi connectivity index (χ3v) is 8.35.